The van der Waals surface area contributed by atoms with E-state index in [-0.39, 0.29) is 6.04 Å². The molecular weight excluding hydrogens is 326 g/mol. The Morgan fingerprint density at radius 3 is 3.00 bits per heavy atom. The number of para-hydroxylation sites is 1. The minimum Gasteiger partial charge on any atom is -0.493 e. The molecule has 138 valence electrons. The SMILES string of the molecule is CCCOc1cc(C)ccc1CN=C(N)NC1CCOc2ccccc21. The van der Waals surface area contributed by atoms with Crippen molar-refractivity contribution < 1.29 is 9.47 Å². The molecular formula is C21H27N3O2. The van der Waals surface area contributed by atoms with E-state index in [0.717, 1.165) is 35.5 Å². The molecule has 0 aromatic heterocycles. The van der Waals surface area contributed by atoms with Gasteiger partial charge >= 0.3 is 0 Å². The highest BCUT2D eigenvalue weighted by Crippen LogP contribution is 2.31. The number of fused-ring (bicyclic) bond motifs is 1. The first-order valence-electron chi connectivity index (χ1n) is 9.18. The first kappa shape index (κ1) is 18.1. The van der Waals surface area contributed by atoms with E-state index in [4.69, 9.17) is 15.2 Å². The minimum atomic E-state index is 0.123. The minimum absolute atomic E-state index is 0.123. The van der Waals surface area contributed by atoms with E-state index in [9.17, 15) is 0 Å². The fourth-order valence-corrected chi connectivity index (χ4v) is 3.03. The number of rotatable bonds is 6. The van der Waals surface area contributed by atoms with Crippen molar-refractivity contribution in [3.63, 3.8) is 0 Å². The zero-order valence-electron chi connectivity index (χ0n) is 15.5. The molecule has 0 saturated carbocycles. The number of aryl methyl sites for hydroxylation is 1. The molecule has 5 nitrogen and oxygen atoms in total. The molecule has 1 unspecified atom stereocenters. The molecule has 3 N–H and O–H groups in total. The first-order chi connectivity index (χ1) is 12.7. The maximum Gasteiger partial charge on any atom is 0.189 e. The monoisotopic (exact) mass is 353 g/mol. The average molecular weight is 353 g/mol. The third-order valence-electron chi connectivity index (χ3n) is 4.38. The Bertz CT molecular complexity index is 774. The van der Waals surface area contributed by atoms with Crippen molar-refractivity contribution in [2.45, 2.75) is 39.3 Å². The van der Waals surface area contributed by atoms with Gasteiger partial charge in [0.15, 0.2) is 5.96 Å². The van der Waals surface area contributed by atoms with Crippen LogP contribution in [0.4, 0.5) is 0 Å². The predicted molar refractivity (Wildman–Crippen MR) is 105 cm³/mol. The number of ether oxygens (including phenoxy) is 2. The molecule has 1 heterocycles. The van der Waals surface area contributed by atoms with Crippen molar-refractivity contribution in [1.82, 2.24) is 5.32 Å². The third kappa shape index (κ3) is 4.48. The smallest absolute Gasteiger partial charge is 0.189 e. The normalized spacial score (nSPS) is 16.5. The molecule has 0 bridgehead atoms. The zero-order chi connectivity index (χ0) is 18.4. The number of aliphatic imine (C=N–C) groups is 1. The molecule has 1 aliphatic heterocycles. The van der Waals surface area contributed by atoms with Crippen LogP contribution < -0.4 is 20.5 Å². The average Bonchev–Trinajstić information content (AvgIpc) is 2.66. The Kier molecular flexibility index (Phi) is 6.00. The molecule has 2 aromatic carbocycles. The van der Waals surface area contributed by atoms with Crippen LogP contribution >= 0.6 is 0 Å². The molecule has 0 amide bonds. The number of guanidine groups is 1. The van der Waals surface area contributed by atoms with Crippen molar-refractivity contribution >= 4 is 5.96 Å². The van der Waals surface area contributed by atoms with Gasteiger partial charge in [-0.15, -0.1) is 0 Å². The lowest BCUT2D eigenvalue weighted by atomic mass is 10.0. The van der Waals surface area contributed by atoms with E-state index >= 15 is 0 Å². The van der Waals surface area contributed by atoms with Crippen LogP contribution in [0.25, 0.3) is 0 Å². The number of benzene rings is 2. The van der Waals surface area contributed by atoms with Crippen LogP contribution in [0.15, 0.2) is 47.5 Å². The fraction of sp³-hybridized carbons (Fsp3) is 0.381. The van der Waals surface area contributed by atoms with Gasteiger partial charge in [-0.2, -0.15) is 0 Å². The number of hydrogen-bond donors (Lipinski definition) is 2. The largest absolute Gasteiger partial charge is 0.493 e. The Balaban J connectivity index is 1.68. The molecule has 5 heteroatoms. The number of nitrogens with one attached hydrogen (secondary N) is 1. The lowest BCUT2D eigenvalue weighted by Gasteiger charge is -2.27. The van der Waals surface area contributed by atoms with E-state index in [1.54, 1.807) is 0 Å². The number of hydrogen-bond acceptors (Lipinski definition) is 3. The van der Waals surface area contributed by atoms with Gasteiger partial charge in [0, 0.05) is 17.5 Å². The van der Waals surface area contributed by atoms with Crippen LogP contribution in [0.5, 0.6) is 11.5 Å². The summed E-state index contributed by atoms with van der Waals surface area (Å²) in [4.78, 5) is 4.52. The van der Waals surface area contributed by atoms with Crippen LogP contribution in [0.2, 0.25) is 0 Å². The summed E-state index contributed by atoms with van der Waals surface area (Å²) < 4.78 is 11.5. The molecule has 0 aliphatic carbocycles. The van der Waals surface area contributed by atoms with Gasteiger partial charge < -0.3 is 20.5 Å². The molecule has 0 fully saturated rings. The van der Waals surface area contributed by atoms with Gasteiger partial charge in [-0.3, -0.25) is 0 Å². The quantitative estimate of drug-likeness (QED) is 0.613. The van der Waals surface area contributed by atoms with Crippen molar-refractivity contribution in [2.75, 3.05) is 13.2 Å². The van der Waals surface area contributed by atoms with Gasteiger partial charge in [0.05, 0.1) is 25.8 Å². The maximum atomic E-state index is 6.15. The Morgan fingerprint density at radius 1 is 1.31 bits per heavy atom. The predicted octanol–water partition coefficient (Wildman–Crippen LogP) is 3.71. The van der Waals surface area contributed by atoms with Crippen molar-refractivity contribution in [1.29, 1.82) is 0 Å². The highest BCUT2D eigenvalue weighted by molar-refractivity contribution is 5.78. The van der Waals surface area contributed by atoms with E-state index in [2.05, 4.69) is 48.4 Å². The molecule has 1 aliphatic rings. The van der Waals surface area contributed by atoms with E-state index in [0.29, 0.717) is 25.7 Å². The van der Waals surface area contributed by atoms with Crippen LogP contribution in [-0.2, 0) is 6.54 Å². The Labute approximate surface area is 155 Å². The van der Waals surface area contributed by atoms with Crippen LogP contribution in [0, 0.1) is 6.92 Å². The van der Waals surface area contributed by atoms with E-state index in [1.807, 2.05) is 18.2 Å². The number of nitrogens with zero attached hydrogens (tertiary/aromatic N) is 1. The van der Waals surface area contributed by atoms with Crippen molar-refractivity contribution in [3.05, 3.63) is 59.2 Å². The van der Waals surface area contributed by atoms with Gasteiger partial charge in [0.2, 0.25) is 0 Å². The lowest BCUT2D eigenvalue weighted by Crippen LogP contribution is -2.37. The molecule has 26 heavy (non-hydrogen) atoms. The lowest BCUT2D eigenvalue weighted by molar-refractivity contribution is 0.262. The van der Waals surface area contributed by atoms with E-state index in [1.165, 1.54) is 5.56 Å². The second-order valence-electron chi connectivity index (χ2n) is 6.53. The van der Waals surface area contributed by atoms with Gasteiger partial charge in [0.1, 0.15) is 11.5 Å². The summed E-state index contributed by atoms with van der Waals surface area (Å²) >= 11 is 0. The molecule has 0 radical (unpaired) electrons. The van der Waals surface area contributed by atoms with E-state index < -0.39 is 0 Å². The molecule has 0 saturated heterocycles. The van der Waals surface area contributed by atoms with Crippen molar-refractivity contribution in [3.8, 4) is 11.5 Å². The molecule has 3 rings (SSSR count). The number of nitrogens with two attached hydrogens (primary N) is 1. The highest BCUT2D eigenvalue weighted by Gasteiger charge is 2.21. The summed E-state index contributed by atoms with van der Waals surface area (Å²) in [6, 6.07) is 14.3. The first-order valence-corrected chi connectivity index (χ1v) is 9.18. The zero-order valence-corrected chi connectivity index (χ0v) is 15.5. The summed E-state index contributed by atoms with van der Waals surface area (Å²) in [7, 11) is 0. The standard InChI is InChI=1S/C21H27N3O2/c1-3-11-25-20-13-15(2)8-9-16(20)14-23-21(22)24-18-10-12-26-19-7-5-4-6-17(18)19/h4-9,13,18H,3,10-12,14H2,1-2H3,(H3,22,23,24). The molecule has 2 aromatic rings. The fourth-order valence-electron chi connectivity index (χ4n) is 3.03. The molecule has 0 spiro atoms. The second-order valence-corrected chi connectivity index (χ2v) is 6.53. The summed E-state index contributed by atoms with van der Waals surface area (Å²) in [5, 5.41) is 3.33. The third-order valence-corrected chi connectivity index (χ3v) is 4.38. The summed E-state index contributed by atoms with van der Waals surface area (Å²) in [5.74, 6) is 2.24. The van der Waals surface area contributed by atoms with Gasteiger partial charge in [0.25, 0.3) is 0 Å². The van der Waals surface area contributed by atoms with Crippen LogP contribution in [0.3, 0.4) is 0 Å². The summed E-state index contributed by atoms with van der Waals surface area (Å²) in [6.07, 6.45) is 1.84. The highest BCUT2D eigenvalue weighted by atomic mass is 16.5. The topological polar surface area (TPSA) is 68.9 Å². The van der Waals surface area contributed by atoms with Crippen molar-refractivity contribution in [2.24, 2.45) is 10.7 Å². The second kappa shape index (κ2) is 8.61. The Morgan fingerprint density at radius 2 is 2.15 bits per heavy atom. The summed E-state index contributed by atoms with van der Waals surface area (Å²) in [5.41, 5.74) is 9.49. The molecule has 1 atom stereocenters. The van der Waals surface area contributed by atoms with Gasteiger partial charge in [-0.05, 0) is 31.0 Å². The maximum absolute atomic E-state index is 6.15. The Hall–Kier alpha value is -2.69. The van der Waals surface area contributed by atoms with Gasteiger partial charge in [-0.1, -0.05) is 37.3 Å². The summed E-state index contributed by atoms with van der Waals surface area (Å²) in [6.45, 7) is 6.02. The van der Waals surface area contributed by atoms with Crippen LogP contribution in [-0.4, -0.2) is 19.2 Å². The van der Waals surface area contributed by atoms with Gasteiger partial charge in [-0.25, -0.2) is 4.99 Å². The van der Waals surface area contributed by atoms with Crippen LogP contribution in [0.1, 0.15) is 42.5 Å².